The summed E-state index contributed by atoms with van der Waals surface area (Å²) in [6, 6.07) is 4.57. The summed E-state index contributed by atoms with van der Waals surface area (Å²) in [6.07, 6.45) is 0. The predicted molar refractivity (Wildman–Crippen MR) is 72.2 cm³/mol. The molecule has 0 aliphatic rings. The van der Waals surface area contributed by atoms with Gasteiger partial charge in [0, 0.05) is 11.1 Å². The number of hydrogen-bond acceptors (Lipinski definition) is 4. The van der Waals surface area contributed by atoms with Crippen LogP contribution >= 0.6 is 23.2 Å². The smallest absolute Gasteiger partial charge is 0.359 e. The summed E-state index contributed by atoms with van der Waals surface area (Å²) in [5, 5.41) is 9.41. The minimum atomic E-state index is -1.18. The van der Waals surface area contributed by atoms with Gasteiger partial charge in [0.1, 0.15) is 0 Å². The largest absolute Gasteiger partial charge is 0.478 e. The van der Waals surface area contributed by atoms with Crippen molar-refractivity contribution < 1.29 is 19.5 Å². The molecule has 0 aliphatic heterocycles. The molecule has 0 saturated carbocycles. The second-order valence-electron chi connectivity index (χ2n) is 3.68. The van der Waals surface area contributed by atoms with E-state index in [0.29, 0.717) is 15.7 Å². The van der Waals surface area contributed by atoms with E-state index < -0.39 is 11.9 Å². The maximum absolute atomic E-state index is 11.5. The summed E-state index contributed by atoms with van der Waals surface area (Å²) < 4.78 is 0. The van der Waals surface area contributed by atoms with Gasteiger partial charge in [-0.3, -0.25) is 0 Å². The van der Waals surface area contributed by atoms with E-state index in [1.807, 2.05) is 0 Å². The van der Waals surface area contributed by atoms with E-state index in [-0.39, 0.29) is 11.1 Å². The summed E-state index contributed by atoms with van der Waals surface area (Å²) in [6.45, 7) is 2.68. The quantitative estimate of drug-likeness (QED) is 0.659. The highest BCUT2D eigenvalue weighted by Crippen LogP contribution is 2.25. The highest BCUT2D eigenvalue weighted by molar-refractivity contribution is 6.42. The zero-order chi connectivity index (χ0) is 14.6. The van der Waals surface area contributed by atoms with E-state index in [1.54, 1.807) is 6.07 Å². The number of carboxylic acid groups (broad SMARTS) is 1. The van der Waals surface area contributed by atoms with Gasteiger partial charge in [-0.2, -0.15) is 0 Å². The molecule has 0 aromatic heterocycles. The lowest BCUT2D eigenvalue weighted by molar-refractivity contribution is -0.138. The van der Waals surface area contributed by atoms with Crippen LogP contribution in [0.4, 0.5) is 5.69 Å². The van der Waals surface area contributed by atoms with Gasteiger partial charge in [-0.25, -0.2) is 15.1 Å². The van der Waals surface area contributed by atoms with Crippen molar-refractivity contribution in [3.63, 3.8) is 0 Å². The molecule has 7 heteroatoms. The third-order valence-corrected chi connectivity index (χ3v) is 3.11. The average molecular weight is 304 g/mol. The third-order valence-electron chi connectivity index (χ3n) is 2.37. The van der Waals surface area contributed by atoms with E-state index in [4.69, 9.17) is 33.1 Å². The molecular formula is C12H11Cl2NO4. The van der Waals surface area contributed by atoms with Crippen molar-refractivity contribution >= 4 is 40.8 Å². The molecule has 0 aliphatic carbocycles. The number of aliphatic carboxylic acids is 1. The lowest BCUT2D eigenvalue weighted by atomic mass is 10.1. The monoisotopic (exact) mass is 303 g/mol. The molecule has 0 radical (unpaired) electrons. The first-order chi connectivity index (χ1) is 8.82. The molecule has 5 nitrogen and oxygen atoms in total. The molecule has 0 fully saturated rings. The first-order valence-electron chi connectivity index (χ1n) is 5.16. The highest BCUT2D eigenvalue weighted by Gasteiger charge is 2.14. The molecule has 0 saturated heterocycles. The minimum absolute atomic E-state index is 0.0000560. The average Bonchev–Trinajstić information content (AvgIpc) is 2.37. The molecule has 0 atom stereocenters. The van der Waals surface area contributed by atoms with E-state index in [0.717, 1.165) is 0 Å². The van der Waals surface area contributed by atoms with Crippen molar-refractivity contribution in [1.29, 1.82) is 0 Å². The van der Waals surface area contributed by atoms with Crippen molar-refractivity contribution in [2.45, 2.75) is 13.8 Å². The van der Waals surface area contributed by atoms with Crippen LogP contribution in [-0.2, 0) is 14.4 Å². The van der Waals surface area contributed by atoms with Crippen LogP contribution in [-0.4, -0.2) is 17.0 Å². The molecule has 0 bridgehead atoms. The Hall–Kier alpha value is -1.72. The van der Waals surface area contributed by atoms with E-state index in [1.165, 1.54) is 26.0 Å². The van der Waals surface area contributed by atoms with Crippen molar-refractivity contribution in [3.05, 3.63) is 39.4 Å². The number of carbonyl (C=O) groups is 2. The van der Waals surface area contributed by atoms with Gasteiger partial charge >= 0.3 is 11.9 Å². The second kappa shape index (κ2) is 6.45. The number of rotatable bonds is 4. The first kappa shape index (κ1) is 15.3. The van der Waals surface area contributed by atoms with Gasteiger partial charge in [0.25, 0.3) is 0 Å². The van der Waals surface area contributed by atoms with E-state index >= 15 is 0 Å². The van der Waals surface area contributed by atoms with Crippen molar-refractivity contribution in [1.82, 2.24) is 0 Å². The summed E-state index contributed by atoms with van der Waals surface area (Å²) in [4.78, 5) is 27.0. The van der Waals surface area contributed by atoms with Crippen LogP contribution in [0.25, 0.3) is 0 Å². The van der Waals surface area contributed by atoms with Crippen LogP contribution in [0.5, 0.6) is 0 Å². The highest BCUT2D eigenvalue weighted by atomic mass is 35.5. The summed E-state index contributed by atoms with van der Waals surface area (Å²) >= 11 is 11.5. The first-order valence-corrected chi connectivity index (χ1v) is 5.91. The molecule has 0 amide bonds. The number of carbonyl (C=O) groups excluding carboxylic acids is 1. The fourth-order valence-corrected chi connectivity index (χ4v) is 1.35. The molecule has 2 N–H and O–H groups in total. The fourth-order valence-electron chi connectivity index (χ4n) is 1.05. The van der Waals surface area contributed by atoms with Gasteiger partial charge in [-0.1, -0.05) is 23.2 Å². The molecule has 1 aromatic carbocycles. The van der Waals surface area contributed by atoms with Crippen LogP contribution in [0.3, 0.4) is 0 Å². The van der Waals surface area contributed by atoms with Gasteiger partial charge in [0.15, 0.2) is 0 Å². The van der Waals surface area contributed by atoms with Gasteiger partial charge in [0.05, 0.1) is 15.7 Å². The topological polar surface area (TPSA) is 75.6 Å². The normalized spacial score (nSPS) is 11.6. The van der Waals surface area contributed by atoms with Crippen molar-refractivity contribution in [2.24, 2.45) is 0 Å². The Kier molecular flexibility index (Phi) is 5.20. The molecule has 1 rings (SSSR count). The molecular weight excluding hydrogens is 293 g/mol. The Bertz CT molecular complexity index is 555. The Morgan fingerprint density at radius 2 is 1.79 bits per heavy atom. The lowest BCUT2D eigenvalue weighted by Crippen LogP contribution is -2.14. The number of carboxylic acids is 1. The number of benzene rings is 1. The molecule has 102 valence electrons. The zero-order valence-corrected chi connectivity index (χ0v) is 11.7. The summed E-state index contributed by atoms with van der Waals surface area (Å²) in [5.41, 5.74) is 2.70. The second-order valence-corrected chi connectivity index (χ2v) is 4.49. The van der Waals surface area contributed by atoms with Gasteiger partial charge < -0.3 is 9.94 Å². The van der Waals surface area contributed by atoms with Gasteiger partial charge in [-0.05, 0) is 32.0 Å². The van der Waals surface area contributed by atoms with Gasteiger partial charge in [0.2, 0.25) is 0 Å². The van der Waals surface area contributed by atoms with Crippen molar-refractivity contribution in [3.8, 4) is 0 Å². The minimum Gasteiger partial charge on any atom is -0.478 e. The summed E-state index contributed by atoms with van der Waals surface area (Å²) in [7, 11) is 0. The number of nitrogens with one attached hydrogen (secondary N) is 1. The SMILES string of the molecule is CC(C(=O)O)=C(C)C(=O)ONc1ccc(Cl)c(Cl)c1. The number of halogens is 2. The third kappa shape index (κ3) is 4.15. The molecule has 1 aromatic rings. The lowest BCUT2D eigenvalue weighted by Gasteiger charge is -2.08. The van der Waals surface area contributed by atoms with Crippen LogP contribution < -0.4 is 5.48 Å². The summed E-state index contributed by atoms with van der Waals surface area (Å²) in [5.74, 6) is -1.96. The zero-order valence-electron chi connectivity index (χ0n) is 10.2. The Morgan fingerprint density at radius 1 is 1.16 bits per heavy atom. The van der Waals surface area contributed by atoms with E-state index in [9.17, 15) is 9.59 Å². The molecule has 19 heavy (non-hydrogen) atoms. The predicted octanol–water partition coefficient (Wildman–Crippen LogP) is 3.28. The maximum atomic E-state index is 11.5. The van der Waals surface area contributed by atoms with Crippen LogP contribution in [0.2, 0.25) is 10.0 Å². The molecule has 0 heterocycles. The molecule has 0 spiro atoms. The van der Waals surface area contributed by atoms with Crippen LogP contribution in [0.15, 0.2) is 29.3 Å². The van der Waals surface area contributed by atoms with Crippen LogP contribution in [0.1, 0.15) is 13.8 Å². The van der Waals surface area contributed by atoms with Gasteiger partial charge in [-0.15, -0.1) is 0 Å². The fraction of sp³-hybridized carbons (Fsp3) is 0.167. The Labute approximate surface area is 119 Å². The molecule has 0 unspecified atom stereocenters. The van der Waals surface area contributed by atoms with Crippen molar-refractivity contribution in [2.75, 3.05) is 5.48 Å². The maximum Gasteiger partial charge on any atom is 0.359 e. The van der Waals surface area contributed by atoms with Crippen LogP contribution in [0, 0.1) is 0 Å². The Morgan fingerprint density at radius 3 is 2.32 bits per heavy atom. The number of anilines is 1. The number of hydrogen-bond donors (Lipinski definition) is 2. The standard InChI is InChI=1S/C12H11Cl2NO4/c1-6(11(16)17)7(2)12(18)19-15-8-3-4-9(13)10(14)5-8/h3-5,15H,1-2H3,(H,16,17). The Balaban J connectivity index is 2.72. The van der Waals surface area contributed by atoms with E-state index in [2.05, 4.69) is 5.48 Å².